The summed E-state index contributed by atoms with van der Waals surface area (Å²) in [4.78, 5) is 4.62. The van der Waals surface area contributed by atoms with Crippen molar-refractivity contribution in [3.63, 3.8) is 0 Å². The monoisotopic (exact) mass is 453 g/mol. The highest BCUT2D eigenvalue weighted by molar-refractivity contribution is 7.81. The van der Waals surface area contributed by atoms with E-state index in [1.807, 2.05) is 0 Å². The minimum absolute atomic E-state index is 0.205. The van der Waals surface area contributed by atoms with Crippen LogP contribution in [0.2, 0.25) is 0 Å². The van der Waals surface area contributed by atoms with Crippen LogP contribution >= 0.6 is 12.2 Å². The molecule has 0 N–H and O–H groups in total. The van der Waals surface area contributed by atoms with Crippen LogP contribution in [-0.4, -0.2) is 34.7 Å². The molecular formula is C23H17F2N3O3S. The van der Waals surface area contributed by atoms with Gasteiger partial charge in [0.2, 0.25) is 0 Å². The molecule has 32 heavy (non-hydrogen) atoms. The average molecular weight is 453 g/mol. The van der Waals surface area contributed by atoms with Crippen molar-refractivity contribution in [3.8, 4) is 17.6 Å². The Morgan fingerprint density at radius 1 is 1.16 bits per heavy atom. The Hall–Kier alpha value is -3.61. The van der Waals surface area contributed by atoms with Crippen LogP contribution in [0.15, 0.2) is 54.4 Å². The normalized spacial score (nSPS) is 15.8. The molecule has 3 aromatic rings. The largest absolute Gasteiger partial charge is 0.493 e. The SMILES string of the molecule is COc1cc2ncn(C3=CC(OCc4c(F)cccc4F)C(=S)C(C#N)=C3)c2cc1OC. The van der Waals surface area contributed by atoms with Crippen molar-refractivity contribution < 1.29 is 23.0 Å². The first kappa shape index (κ1) is 21.6. The molecule has 1 atom stereocenters. The number of halogens is 2. The molecule has 162 valence electrons. The van der Waals surface area contributed by atoms with Gasteiger partial charge in [0, 0.05) is 23.4 Å². The van der Waals surface area contributed by atoms with Gasteiger partial charge in [-0.3, -0.25) is 4.57 Å². The highest BCUT2D eigenvalue weighted by Crippen LogP contribution is 2.34. The maximum absolute atomic E-state index is 14.0. The summed E-state index contributed by atoms with van der Waals surface area (Å²) in [6.45, 7) is -0.346. The van der Waals surface area contributed by atoms with Crippen LogP contribution in [0.4, 0.5) is 8.78 Å². The first-order chi connectivity index (χ1) is 15.5. The Kier molecular flexibility index (Phi) is 5.99. The van der Waals surface area contributed by atoms with Gasteiger partial charge in [0.05, 0.1) is 42.3 Å². The van der Waals surface area contributed by atoms with E-state index in [9.17, 15) is 14.0 Å². The summed E-state index contributed by atoms with van der Waals surface area (Å²) in [7, 11) is 3.07. The Bertz CT molecular complexity index is 1300. The molecule has 1 unspecified atom stereocenters. The third-order valence-electron chi connectivity index (χ3n) is 5.06. The summed E-state index contributed by atoms with van der Waals surface area (Å²) in [6.07, 6.45) is 4.04. The van der Waals surface area contributed by atoms with Crippen LogP contribution in [0.1, 0.15) is 5.56 Å². The fourth-order valence-corrected chi connectivity index (χ4v) is 3.64. The van der Waals surface area contributed by atoms with Gasteiger partial charge in [-0.1, -0.05) is 18.3 Å². The van der Waals surface area contributed by atoms with Crippen molar-refractivity contribution in [3.05, 3.63) is 71.6 Å². The maximum Gasteiger partial charge on any atom is 0.163 e. The van der Waals surface area contributed by atoms with Gasteiger partial charge < -0.3 is 14.2 Å². The van der Waals surface area contributed by atoms with Gasteiger partial charge in [0.1, 0.15) is 30.1 Å². The van der Waals surface area contributed by atoms with Gasteiger partial charge in [-0.15, -0.1) is 0 Å². The quantitative estimate of drug-likeness (QED) is 0.509. The number of rotatable bonds is 6. The number of ether oxygens (including phenoxy) is 3. The molecular weight excluding hydrogens is 436 g/mol. The van der Waals surface area contributed by atoms with E-state index in [0.717, 1.165) is 12.1 Å². The molecule has 1 heterocycles. The van der Waals surface area contributed by atoms with Crippen LogP contribution in [0.25, 0.3) is 16.7 Å². The second kappa shape index (κ2) is 8.86. The van der Waals surface area contributed by atoms with Crippen LogP contribution in [0.5, 0.6) is 11.5 Å². The zero-order valence-electron chi connectivity index (χ0n) is 17.1. The second-order valence-corrected chi connectivity index (χ2v) is 7.31. The van der Waals surface area contributed by atoms with Gasteiger partial charge in [-0.25, -0.2) is 13.8 Å². The number of benzene rings is 2. The molecule has 6 nitrogen and oxygen atoms in total. The molecule has 9 heteroatoms. The molecule has 0 fully saturated rings. The molecule has 1 aliphatic carbocycles. The lowest BCUT2D eigenvalue weighted by Gasteiger charge is -2.22. The number of thiocarbonyl (C=S) groups is 1. The summed E-state index contributed by atoms with van der Waals surface area (Å²) in [5.41, 5.74) is 1.94. The fraction of sp³-hybridized carbons (Fsp3) is 0.174. The van der Waals surface area contributed by atoms with Gasteiger partial charge in [-0.2, -0.15) is 5.26 Å². The van der Waals surface area contributed by atoms with E-state index >= 15 is 0 Å². The van der Waals surface area contributed by atoms with E-state index in [2.05, 4.69) is 11.1 Å². The average Bonchev–Trinajstić information content (AvgIpc) is 3.21. The predicted octanol–water partition coefficient (Wildman–Crippen LogP) is 4.59. The van der Waals surface area contributed by atoms with Crippen molar-refractivity contribution in [2.45, 2.75) is 12.7 Å². The fourth-order valence-electron chi connectivity index (χ4n) is 3.40. The molecule has 0 amide bonds. The molecule has 0 spiro atoms. The van der Waals surface area contributed by atoms with E-state index in [4.69, 9.17) is 26.4 Å². The van der Waals surface area contributed by atoms with Crippen LogP contribution < -0.4 is 9.47 Å². The van der Waals surface area contributed by atoms with Gasteiger partial charge in [0.25, 0.3) is 0 Å². The van der Waals surface area contributed by atoms with Gasteiger partial charge in [0.15, 0.2) is 11.5 Å². The molecule has 0 aliphatic heterocycles. The molecule has 0 saturated heterocycles. The number of nitriles is 1. The standard InChI is InChI=1S/C23H17F2N3O3S/c1-29-20-8-18-19(9-21(20)30-2)28(12-27-18)14-6-13(10-26)23(32)22(7-14)31-11-15-16(24)4-3-5-17(15)25/h3-9,12,22H,11H2,1-2H3. The lowest BCUT2D eigenvalue weighted by molar-refractivity contribution is 0.110. The topological polar surface area (TPSA) is 69.3 Å². The van der Waals surface area contributed by atoms with Crippen LogP contribution in [0.3, 0.4) is 0 Å². The van der Waals surface area contributed by atoms with Crippen molar-refractivity contribution >= 4 is 33.8 Å². The Morgan fingerprint density at radius 2 is 1.84 bits per heavy atom. The third-order valence-corrected chi connectivity index (χ3v) is 5.51. The summed E-state index contributed by atoms with van der Waals surface area (Å²) in [5.74, 6) is -0.381. The van der Waals surface area contributed by atoms with Gasteiger partial charge in [-0.05, 0) is 24.3 Å². The minimum atomic E-state index is -0.837. The first-order valence-corrected chi connectivity index (χ1v) is 9.89. The minimum Gasteiger partial charge on any atom is -0.493 e. The number of nitrogens with zero attached hydrogens (tertiary/aromatic N) is 3. The van der Waals surface area contributed by atoms with E-state index in [1.54, 1.807) is 35.2 Å². The summed E-state index contributed by atoms with van der Waals surface area (Å²) < 4.78 is 46.1. The predicted molar refractivity (Wildman–Crippen MR) is 118 cm³/mol. The number of allylic oxidation sites excluding steroid dienone is 2. The highest BCUT2D eigenvalue weighted by atomic mass is 32.1. The van der Waals surface area contributed by atoms with E-state index in [-0.39, 0.29) is 22.6 Å². The number of fused-ring (bicyclic) bond motifs is 1. The first-order valence-electron chi connectivity index (χ1n) is 9.48. The number of methoxy groups -OCH3 is 2. The summed E-state index contributed by atoms with van der Waals surface area (Å²) >= 11 is 5.37. The zero-order chi connectivity index (χ0) is 22.8. The van der Waals surface area contributed by atoms with E-state index in [1.165, 1.54) is 20.3 Å². The van der Waals surface area contributed by atoms with E-state index < -0.39 is 17.7 Å². The number of hydrogen-bond acceptors (Lipinski definition) is 6. The van der Waals surface area contributed by atoms with E-state index in [0.29, 0.717) is 28.2 Å². The zero-order valence-corrected chi connectivity index (χ0v) is 18.0. The summed E-state index contributed by atoms with van der Waals surface area (Å²) in [5, 5.41) is 9.56. The molecule has 0 saturated carbocycles. The maximum atomic E-state index is 14.0. The third kappa shape index (κ3) is 3.86. The van der Waals surface area contributed by atoms with Crippen LogP contribution in [0, 0.1) is 23.0 Å². The second-order valence-electron chi connectivity index (χ2n) is 6.87. The van der Waals surface area contributed by atoms with Gasteiger partial charge >= 0.3 is 0 Å². The number of aromatic nitrogens is 2. The van der Waals surface area contributed by atoms with Crippen molar-refractivity contribution in [2.75, 3.05) is 14.2 Å². The lowest BCUT2D eigenvalue weighted by atomic mass is 10.0. The summed E-state index contributed by atoms with van der Waals surface area (Å²) in [6, 6.07) is 9.15. The smallest absolute Gasteiger partial charge is 0.163 e. The molecule has 1 aliphatic rings. The van der Waals surface area contributed by atoms with Crippen molar-refractivity contribution in [1.29, 1.82) is 5.26 Å². The van der Waals surface area contributed by atoms with Crippen LogP contribution in [-0.2, 0) is 11.3 Å². The van der Waals surface area contributed by atoms with Crippen molar-refractivity contribution in [1.82, 2.24) is 9.55 Å². The number of imidazole rings is 1. The Labute approximate surface area is 187 Å². The molecule has 0 bridgehead atoms. The highest BCUT2D eigenvalue weighted by Gasteiger charge is 2.25. The Balaban J connectivity index is 1.72. The molecule has 1 aromatic heterocycles. The number of hydrogen-bond donors (Lipinski definition) is 0. The molecule has 0 radical (unpaired) electrons. The Morgan fingerprint density at radius 3 is 2.50 bits per heavy atom. The van der Waals surface area contributed by atoms with Crippen molar-refractivity contribution in [2.24, 2.45) is 0 Å². The molecule has 2 aromatic carbocycles. The lowest BCUT2D eigenvalue weighted by Crippen LogP contribution is -2.26. The molecule has 4 rings (SSSR count).